The number of nitrogens with zero attached hydrogens (tertiary/aromatic N) is 4. The molecule has 1 aliphatic heterocycles. The van der Waals surface area contributed by atoms with Crippen LogP contribution >= 0.6 is 0 Å². The summed E-state index contributed by atoms with van der Waals surface area (Å²) in [5.74, 6) is 1.44. The summed E-state index contributed by atoms with van der Waals surface area (Å²) in [5, 5.41) is 17.2. The van der Waals surface area contributed by atoms with Crippen LogP contribution in [0.25, 0.3) is 0 Å². The molecule has 152 valence electrons. The van der Waals surface area contributed by atoms with Gasteiger partial charge in [-0.05, 0) is 48.9 Å². The summed E-state index contributed by atoms with van der Waals surface area (Å²) >= 11 is 0. The molecule has 0 fully saturated rings. The predicted molar refractivity (Wildman–Crippen MR) is 112 cm³/mol. The van der Waals surface area contributed by atoms with Gasteiger partial charge < -0.3 is 10.1 Å². The average molecular weight is 406 g/mol. The van der Waals surface area contributed by atoms with Crippen molar-refractivity contribution in [1.29, 1.82) is 0 Å². The normalized spacial score (nSPS) is 14.9. The predicted octanol–water partition coefficient (Wildman–Crippen LogP) is 2.91. The first kappa shape index (κ1) is 19.1. The molecule has 2 aromatic carbocycles. The SMILES string of the molecule is COc1ccc(NC2=N[C@H](c3ccc([N+](=O)[O-])cc3)n3c(nc(C)cc3=O)N2)cc1. The molecule has 30 heavy (non-hydrogen) atoms. The number of benzene rings is 2. The summed E-state index contributed by atoms with van der Waals surface area (Å²) in [4.78, 5) is 32.2. The highest BCUT2D eigenvalue weighted by atomic mass is 16.6. The summed E-state index contributed by atoms with van der Waals surface area (Å²) in [6.45, 7) is 1.73. The van der Waals surface area contributed by atoms with Crippen molar-refractivity contribution < 1.29 is 9.66 Å². The van der Waals surface area contributed by atoms with Gasteiger partial charge in [0.1, 0.15) is 5.75 Å². The number of methoxy groups -OCH3 is 1. The molecule has 4 rings (SSSR count). The zero-order valence-electron chi connectivity index (χ0n) is 16.2. The third-order valence-electron chi connectivity index (χ3n) is 4.56. The number of ether oxygens (including phenoxy) is 1. The van der Waals surface area contributed by atoms with Crippen LogP contribution < -0.4 is 20.9 Å². The summed E-state index contributed by atoms with van der Waals surface area (Å²) in [5.41, 5.74) is 1.62. The first-order valence-corrected chi connectivity index (χ1v) is 9.05. The van der Waals surface area contributed by atoms with Crippen molar-refractivity contribution in [2.24, 2.45) is 4.99 Å². The second-order valence-electron chi connectivity index (χ2n) is 6.61. The average Bonchev–Trinajstić information content (AvgIpc) is 2.73. The van der Waals surface area contributed by atoms with Crippen LogP contribution in [-0.2, 0) is 0 Å². The minimum Gasteiger partial charge on any atom is -0.497 e. The maximum absolute atomic E-state index is 12.7. The highest BCUT2D eigenvalue weighted by Crippen LogP contribution is 2.27. The topological polar surface area (TPSA) is 124 Å². The van der Waals surface area contributed by atoms with Gasteiger partial charge in [0.05, 0.1) is 12.0 Å². The molecular formula is C20H18N6O4. The van der Waals surface area contributed by atoms with Gasteiger partial charge in [0.2, 0.25) is 11.9 Å². The highest BCUT2D eigenvalue weighted by molar-refractivity contribution is 6.03. The van der Waals surface area contributed by atoms with Crippen LogP contribution in [-0.4, -0.2) is 27.5 Å². The van der Waals surface area contributed by atoms with Gasteiger partial charge in [-0.25, -0.2) is 9.98 Å². The van der Waals surface area contributed by atoms with Crippen molar-refractivity contribution in [2.75, 3.05) is 17.7 Å². The van der Waals surface area contributed by atoms with E-state index in [-0.39, 0.29) is 11.2 Å². The maximum Gasteiger partial charge on any atom is 0.269 e. The Balaban J connectivity index is 1.74. The third-order valence-corrected chi connectivity index (χ3v) is 4.56. The molecular weight excluding hydrogens is 388 g/mol. The number of nitro benzene ring substituents is 1. The number of nitro groups is 1. The smallest absolute Gasteiger partial charge is 0.269 e. The number of aliphatic imine (C=N–C) groups is 1. The van der Waals surface area contributed by atoms with Gasteiger partial charge in [-0.15, -0.1) is 0 Å². The van der Waals surface area contributed by atoms with Crippen molar-refractivity contribution in [3.63, 3.8) is 0 Å². The van der Waals surface area contributed by atoms with Crippen molar-refractivity contribution >= 4 is 23.3 Å². The van der Waals surface area contributed by atoms with E-state index in [0.29, 0.717) is 23.2 Å². The minimum atomic E-state index is -0.733. The van der Waals surface area contributed by atoms with Crippen LogP contribution in [0.5, 0.6) is 5.75 Å². The zero-order chi connectivity index (χ0) is 21.3. The van der Waals surface area contributed by atoms with E-state index in [9.17, 15) is 14.9 Å². The molecule has 3 aromatic rings. The van der Waals surface area contributed by atoms with Gasteiger partial charge in [0.25, 0.3) is 11.2 Å². The second-order valence-corrected chi connectivity index (χ2v) is 6.61. The van der Waals surface area contributed by atoms with Crippen molar-refractivity contribution in [2.45, 2.75) is 13.1 Å². The number of non-ortho nitro benzene ring substituents is 1. The number of hydrogen-bond donors (Lipinski definition) is 2. The Morgan fingerprint density at radius 3 is 2.50 bits per heavy atom. The van der Waals surface area contributed by atoms with Crippen LogP contribution in [0.1, 0.15) is 17.4 Å². The number of aromatic nitrogens is 2. The lowest BCUT2D eigenvalue weighted by Crippen LogP contribution is -2.37. The lowest BCUT2D eigenvalue weighted by Gasteiger charge is -2.27. The quantitative estimate of drug-likeness (QED) is 0.504. The number of aryl methyl sites for hydroxylation is 1. The molecule has 0 bridgehead atoms. The van der Waals surface area contributed by atoms with Gasteiger partial charge in [0, 0.05) is 29.6 Å². The van der Waals surface area contributed by atoms with E-state index in [1.165, 1.54) is 22.8 Å². The van der Waals surface area contributed by atoms with E-state index in [1.54, 1.807) is 38.3 Å². The number of guanidine groups is 1. The Morgan fingerprint density at radius 2 is 1.87 bits per heavy atom. The molecule has 0 spiro atoms. The lowest BCUT2D eigenvalue weighted by atomic mass is 10.1. The van der Waals surface area contributed by atoms with Crippen molar-refractivity contribution in [3.05, 3.63) is 86.3 Å². The van der Waals surface area contributed by atoms with Gasteiger partial charge in [-0.3, -0.25) is 24.8 Å². The Bertz CT molecular complexity index is 1190. The van der Waals surface area contributed by atoms with Gasteiger partial charge in [-0.2, -0.15) is 0 Å². The zero-order valence-corrected chi connectivity index (χ0v) is 16.2. The molecule has 1 aliphatic rings. The lowest BCUT2D eigenvalue weighted by molar-refractivity contribution is -0.384. The maximum atomic E-state index is 12.7. The summed E-state index contributed by atoms with van der Waals surface area (Å²) in [6, 6.07) is 14.6. The number of anilines is 2. The molecule has 0 aliphatic carbocycles. The molecule has 0 unspecified atom stereocenters. The fourth-order valence-electron chi connectivity index (χ4n) is 3.11. The molecule has 0 saturated heterocycles. The third kappa shape index (κ3) is 3.70. The molecule has 0 radical (unpaired) electrons. The molecule has 2 N–H and O–H groups in total. The van der Waals surface area contributed by atoms with E-state index in [1.807, 2.05) is 12.1 Å². The molecule has 10 heteroatoms. The van der Waals surface area contributed by atoms with Crippen molar-refractivity contribution in [3.8, 4) is 5.75 Å². The van der Waals surface area contributed by atoms with E-state index in [4.69, 9.17) is 4.74 Å². The summed E-state index contributed by atoms with van der Waals surface area (Å²) < 4.78 is 6.57. The van der Waals surface area contributed by atoms with Crippen LogP contribution in [0.15, 0.2) is 64.4 Å². The first-order valence-electron chi connectivity index (χ1n) is 9.05. The Hall–Kier alpha value is -4.21. The van der Waals surface area contributed by atoms with Crippen LogP contribution in [0.4, 0.5) is 17.3 Å². The monoisotopic (exact) mass is 406 g/mol. The van der Waals surface area contributed by atoms with E-state index < -0.39 is 11.1 Å². The van der Waals surface area contributed by atoms with Crippen LogP contribution in [0, 0.1) is 17.0 Å². The van der Waals surface area contributed by atoms with Crippen LogP contribution in [0.2, 0.25) is 0 Å². The number of hydrogen-bond acceptors (Lipinski definition) is 8. The number of nitrogens with one attached hydrogen (secondary N) is 2. The summed E-state index contributed by atoms with van der Waals surface area (Å²) in [6.07, 6.45) is -0.733. The highest BCUT2D eigenvalue weighted by Gasteiger charge is 2.25. The molecule has 1 atom stereocenters. The van der Waals surface area contributed by atoms with Gasteiger partial charge in [-0.1, -0.05) is 0 Å². The molecule has 2 heterocycles. The molecule has 1 aromatic heterocycles. The fraction of sp³-hybridized carbons (Fsp3) is 0.150. The fourth-order valence-corrected chi connectivity index (χ4v) is 3.11. The van der Waals surface area contributed by atoms with E-state index in [2.05, 4.69) is 20.6 Å². The standard InChI is InChI=1S/C20H18N6O4/c1-12-11-17(27)25-18(13-3-7-15(8-4-13)26(28)29)23-19(24-20(25)21-12)22-14-5-9-16(30-2)10-6-14/h3-11,18H,1-2H3,(H2,21,22,23,24)/t18-/m0/s1. The van der Waals surface area contributed by atoms with Gasteiger partial charge >= 0.3 is 0 Å². The van der Waals surface area contributed by atoms with Gasteiger partial charge in [0.15, 0.2) is 6.17 Å². The van der Waals surface area contributed by atoms with Crippen molar-refractivity contribution in [1.82, 2.24) is 9.55 Å². The Labute approximate surface area is 171 Å². The second kappa shape index (κ2) is 7.66. The molecule has 0 amide bonds. The number of fused-ring (bicyclic) bond motifs is 1. The molecule has 0 saturated carbocycles. The summed E-state index contributed by atoms with van der Waals surface area (Å²) in [7, 11) is 1.59. The Kier molecular flexibility index (Phi) is 4.88. The largest absolute Gasteiger partial charge is 0.497 e. The Morgan fingerprint density at radius 1 is 1.17 bits per heavy atom. The minimum absolute atomic E-state index is 0.0390. The van der Waals surface area contributed by atoms with E-state index >= 15 is 0 Å². The van der Waals surface area contributed by atoms with E-state index in [0.717, 1.165) is 11.4 Å². The first-order chi connectivity index (χ1) is 14.4. The van der Waals surface area contributed by atoms with Crippen LogP contribution in [0.3, 0.4) is 0 Å². The molecule has 10 nitrogen and oxygen atoms in total. The number of rotatable bonds is 4.